The van der Waals surface area contributed by atoms with Crippen LogP contribution in [0.15, 0.2) is 0 Å². The molecule has 2 radical (unpaired) electrons. The van der Waals surface area contributed by atoms with Crippen molar-refractivity contribution in [2.75, 3.05) is 0 Å². The van der Waals surface area contributed by atoms with Crippen molar-refractivity contribution in [1.29, 1.82) is 5.41 Å². The normalized spacial score (nSPS) is 12.8. The summed E-state index contributed by atoms with van der Waals surface area (Å²) < 4.78 is 1.13. The molecule has 4 N–H and O–H groups in total. The molecule has 0 aliphatic heterocycles. The van der Waals surface area contributed by atoms with E-state index in [1.807, 2.05) is 6.92 Å². The third kappa shape index (κ3) is 4.23. The van der Waals surface area contributed by atoms with Crippen molar-refractivity contribution in [2.24, 2.45) is 5.73 Å². The number of nitrogens with one attached hydrogen (secondary N) is 2. The molecule has 0 aromatic carbocycles. The first-order valence-electron chi connectivity index (χ1n) is 2.47. The Hall–Kier alpha value is 0.0687. The molecule has 46 valence electrons. The minimum atomic E-state index is 0.0758. The molecule has 0 saturated carbocycles. The van der Waals surface area contributed by atoms with Gasteiger partial charge in [0.05, 0.1) is 0 Å². The number of nitrogens with two attached hydrogens (primary N) is 1. The van der Waals surface area contributed by atoms with E-state index in [2.05, 4.69) is 5.32 Å². The summed E-state index contributed by atoms with van der Waals surface area (Å²) >= 11 is 1.22. The van der Waals surface area contributed by atoms with Gasteiger partial charge >= 0.3 is 62.3 Å². The molecular formula is C4H11N3Sn. The Kier molecular flexibility index (Phi) is 4.03. The summed E-state index contributed by atoms with van der Waals surface area (Å²) in [6.07, 6.45) is 0. The number of hydrogen-bond acceptors (Lipinski definition) is 1. The predicted octanol–water partition coefficient (Wildman–Crippen LogP) is -0.823. The van der Waals surface area contributed by atoms with Crippen LogP contribution < -0.4 is 11.1 Å². The van der Waals surface area contributed by atoms with Crippen LogP contribution in [-0.4, -0.2) is 34.5 Å². The molecule has 0 rings (SSSR count). The van der Waals surface area contributed by atoms with Gasteiger partial charge in [-0.2, -0.15) is 0 Å². The van der Waals surface area contributed by atoms with Gasteiger partial charge < -0.3 is 0 Å². The number of guanidine groups is 1. The van der Waals surface area contributed by atoms with Crippen LogP contribution in [0.4, 0.5) is 0 Å². The van der Waals surface area contributed by atoms with Crippen LogP contribution in [0.2, 0.25) is 4.44 Å². The van der Waals surface area contributed by atoms with E-state index < -0.39 is 0 Å². The molecule has 0 bridgehead atoms. The third-order valence-corrected chi connectivity index (χ3v) is 2.77. The van der Waals surface area contributed by atoms with Crippen molar-refractivity contribution in [3.8, 4) is 0 Å². The first kappa shape index (κ1) is 8.07. The fourth-order valence-electron chi connectivity index (χ4n) is 0.324. The maximum absolute atomic E-state index is 6.81. The van der Waals surface area contributed by atoms with Gasteiger partial charge in [-0.15, -0.1) is 0 Å². The van der Waals surface area contributed by atoms with Crippen molar-refractivity contribution in [3.63, 3.8) is 0 Å². The van der Waals surface area contributed by atoms with E-state index in [-0.39, 0.29) is 5.96 Å². The molecule has 0 amide bonds. The summed E-state index contributed by atoms with van der Waals surface area (Å²) in [6.45, 7) is 2.02. The maximum atomic E-state index is 6.81. The molecule has 0 fully saturated rings. The average Bonchev–Trinajstić information content (AvgIpc) is 1.65. The fraction of sp³-hybridized carbons (Fsp3) is 0.750. The average molecular weight is 220 g/mol. The molecular weight excluding hydrogens is 209 g/mol. The molecule has 0 aliphatic rings. The molecule has 0 aliphatic carbocycles. The Bertz CT molecular complexity index is 83.4. The molecule has 0 heterocycles. The van der Waals surface area contributed by atoms with Gasteiger partial charge in [0.15, 0.2) is 0 Å². The van der Waals surface area contributed by atoms with Crippen molar-refractivity contribution in [1.82, 2.24) is 5.32 Å². The molecule has 0 aromatic rings. The number of hydrogen-bond donors (Lipinski definition) is 3. The van der Waals surface area contributed by atoms with E-state index in [0.717, 1.165) is 4.44 Å². The van der Waals surface area contributed by atoms with Gasteiger partial charge in [0, 0.05) is 0 Å². The molecule has 1 atom stereocenters. The summed E-state index contributed by atoms with van der Waals surface area (Å²) in [4.78, 5) is 0. The van der Waals surface area contributed by atoms with Crippen molar-refractivity contribution >= 4 is 28.5 Å². The zero-order valence-corrected chi connectivity index (χ0v) is 8.23. The Balaban J connectivity index is 3.24. The first-order valence-corrected chi connectivity index (χ1v) is 4.80. The van der Waals surface area contributed by atoms with Crippen molar-refractivity contribution in [3.05, 3.63) is 0 Å². The summed E-state index contributed by atoms with van der Waals surface area (Å²) in [6, 6.07) is 0.384. The van der Waals surface area contributed by atoms with E-state index in [0.29, 0.717) is 6.04 Å². The quantitative estimate of drug-likeness (QED) is 0.323. The molecule has 4 heteroatoms. The van der Waals surface area contributed by atoms with Gasteiger partial charge in [-0.05, 0) is 0 Å². The third-order valence-electron chi connectivity index (χ3n) is 0.755. The minimum absolute atomic E-state index is 0.0758. The van der Waals surface area contributed by atoms with Gasteiger partial charge in [-0.3, -0.25) is 0 Å². The van der Waals surface area contributed by atoms with E-state index in [1.165, 1.54) is 22.5 Å². The van der Waals surface area contributed by atoms with E-state index in [9.17, 15) is 0 Å². The van der Waals surface area contributed by atoms with Crippen LogP contribution in [0, 0.1) is 5.41 Å². The Morgan fingerprint density at radius 3 is 2.62 bits per heavy atom. The monoisotopic (exact) mass is 221 g/mol. The van der Waals surface area contributed by atoms with Gasteiger partial charge in [-0.25, -0.2) is 0 Å². The van der Waals surface area contributed by atoms with Gasteiger partial charge in [-0.1, -0.05) is 0 Å². The van der Waals surface area contributed by atoms with Crippen LogP contribution in [0.5, 0.6) is 0 Å². The van der Waals surface area contributed by atoms with Gasteiger partial charge in [0.25, 0.3) is 0 Å². The van der Waals surface area contributed by atoms with E-state index >= 15 is 0 Å². The molecule has 1 unspecified atom stereocenters. The Morgan fingerprint density at radius 2 is 2.50 bits per heavy atom. The second-order valence-electron chi connectivity index (χ2n) is 1.69. The van der Waals surface area contributed by atoms with Crippen LogP contribution >= 0.6 is 0 Å². The van der Waals surface area contributed by atoms with Crippen LogP contribution in [-0.2, 0) is 0 Å². The summed E-state index contributed by atoms with van der Waals surface area (Å²) in [5, 5.41) is 9.60. The Labute approximate surface area is 62.6 Å². The Morgan fingerprint density at radius 1 is 2.00 bits per heavy atom. The number of rotatable bonds is 2. The van der Waals surface area contributed by atoms with Crippen molar-refractivity contribution in [2.45, 2.75) is 17.4 Å². The zero-order valence-electron chi connectivity index (χ0n) is 4.94. The zero-order chi connectivity index (χ0) is 6.57. The fourth-order valence-corrected chi connectivity index (χ4v) is 0.661. The molecule has 0 aromatic heterocycles. The summed E-state index contributed by atoms with van der Waals surface area (Å²) in [7, 11) is 0. The summed E-state index contributed by atoms with van der Waals surface area (Å²) in [5.74, 6) is 0.0758. The second kappa shape index (κ2) is 4.00. The standard InChI is InChI=1S/C4H10N3.Sn.H/c1-3(2)7-4(5)6;;/h3H,1H2,2H3,(H4,5,6,7);;. The predicted molar refractivity (Wildman–Crippen MR) is 36.5 cm³/mol. The van der Waals surface area contributed by atoms with Crippen molar-refractivity contribution < 1.29 is 0 Å². The first-order chi connectivity index (χ1) is 3.66. The SMILES string of the molecule is CC([CH2][SnH])NC(=N)N. The molecule has 3 nitrogen and oxygen atoms in total. The second-order valence-corrected chi connectivity index (χ2v) is 3.04. The topological polar surface area (TPSA) is 61.9 Å². The van der Waals surface area contributed by atoms with E-state index in [4.69, 9.17) is 11.1 Å². The van der Waals surface area contributed by atoms with Crippen LogP contribution in [0.3, 0.4) is 0 Å². The van der Waals surface area contributed by atoms with E-state index in [1.54, 1.807) is 0 Å². The van der Waals surface area contributed by atoms with Gasteiger partial charge in [0.1, 0.15) is 0 Å². The molecule has 8 heavy (non-hydrogen) atoms. The van der Waals surface area contributed by atoms with Gasteiger partial charge in [0.2, 0.25) is 0 Å². The van der Waals surface area contributed by atoms with Crippen LogP contribution in [0.1, 0.15) is 6.92 Å². The molecule has 0 spiro atoms. The van der Waals surface area contributed by atoms with Crippen LogP contribution in [0.25, 0.3) is 0 Å². The summed E-state index contributed by atoms with van der Waals surface area (Å²) in [5.41, 5.74) is 5.06. The molecule has 0 saturated heterocycles.